The van der Waals surface area contributed by atoms with E-state index in [9.17, 15) is 4.79 Å². The highest BCUT2D eigenvalue weighted by Gasteiger charge is 2.26. The number of nitrogens with zero attached hydrogens (tertiary/aromatic N) is 2. The van der Waals surface area contributed by atoms with Gasteiger partial charge in [0.25, 0.3) is 0 Å². The average Bonchev–Trinajstić information content (AvgIpc) is 2.29. The Morgan fingerprint density at radius 2 is 1.65 bits per heavy atom. The van der Waals surface area contributed by atoms with Crippen molar-refractivity contribution in [3.8, 4) is 0 Å². The molecule has 1 aromatic rings. The first-order valence-corrected chi connectivity index (χ1v) is 8.34. The fraction of sp³-hybridized carbons (Fsp3) is 0.722. The lowest BCUT2D eigenvalue weighted by Crippen LogP contribution is -2.45. The van der Waals surface area contributed by atoms with Crippen LogP contribution in [0.25, 0.3) is 0 Å². The first-order valence-electron chi connectivity index (χ1n) is 8.34. The summed E-state index contributed by atoms with van der Waals surface area (Å²) in [6, 6.07) is 1.94. The predicted octanol–water partition coefficient (Wildman–Crippen LogP) is 3.62. The summed E-state index contributed by atoms with van der Waals surface area (Å²) in [5.74, 6) is 0.735. The summed E-state index contributed by atoms with van der Waals surface area (Å²) < 4.78 is 0. The lowest BCUT2D eigenvalue weighted by atomic mass is 9.82. The minimum Gasteiger partial charge on any atom is -0.354 e. The van der Waals surface area contributed by atoms with Gasteiger partial charge in [0.2, 0.25) is 11.9 Å². The van der Waals surface area contributed by atoms with Gasteiger partial charge in [-0.15, -0.1) is 0 Å². The summed E-state index contributed by atoms with van der Waals surface area (Å²) in [5, 5.41) is 6.31. The predicted molar refractivity (Wildman–Crippen MR) is 95.5 cm³/mol. The molecule has 0 aliphatic rings. The van der Waals surface area contributed by atoms with E-state index in [1.54, 1.807) is 0 Å². The molecular weight excluding hydrogens is 288 g/mol. The molecule has 0 aromatic carbocycles. The number of carbonyl (C=O) groups excluding carboxylic acids is 1. The molecule has 1 aromatic heterocycles. The molecule has 0 fully saturated rings. The van der Waals surface area contributed by atoms with Crippen LogP contribution in [0, 0.1) is 19.3 Å². The minimum atomic E-state index is -0.181. The Kier molecular flexibility index (Phi) is 6.54. The molecule has 1 heterocycles. The van der Waals surface area contributed by atoms with Crippen LogP contribution in [0.2, 0.25) is 0 Å². The lowest BCUT2D eigenvalue weighted by Gasteiger charge is -2.33. The molecule has 5 heteroatoms. The van der Waals surface area contributed by atoms with Crippen LogP contribution in [0.4, 0.5) is 5.95 Å². The Morgan fingerprint density at radius 1 is 1.09 bits per heavy atom. The van der Waals surface area contributed by atoms with Gasteiger partial charge in [0.15, 0.2) is 0 Å². The quantitative estimate of drug-likeness (QED) is 0.753. The molecule has 0 aliphatic carbocycles. The van der Waals surface area contributed by atoms with E-state index < -0.39 is 0 Å². The summed E-state index contributed by atoms with van der Waals surface area (Å²) in [4.78, 5) is 20.7. The first-order chi connectivity index (χ1) is 10.5. The maximum absolute atomic E-state index is 12.1. The van der Waals surface area contributed by atoms with E-state index in [4.69, 9.17) is 0 Å². The molecule has 23 heavy (non-hydrogen) atoms. The van der Waals surface area contributed by atoms with Crippen LogP contribution in [-0.4, -0.2) is 28.0 Å². The second-order valence-electron chi connectivity index (χ2n) is 8.17. The summed E-state index contributed by atoms with van der Waals surface area (Å²) in [6.45, 7) is 15.3. The van der Waals surface area contributed by atoms with E-state index in [-0.39, 0.29) is 16.9 Å². The summed E-state index contributed by atoms with van der Waals surface area (Å²) in [5.41, 5.74) is 1.90. The van der Waals surface area contributed by atoms with Crippen LogP contribution in [0.5, 0.6) is 0 Å². The van der Waals surface area contributed by atoms with Gasteiger partial charge in [0, 0.05) is 29.9 Å². The molecule has 0 saturated carbocycles. The van der Waals surface area contributed by atoms with Crippen molar-refractivity contribution in [2.45, 2.75) is 73.3 Å². The van der Waals surface area contributed by atoms with E-state index in [0.717, 1.165) is 24.2 Å². The number of aromatic nitrogens is 2. The van der Waals surface area contributed by atoms with Gasteiger partial charge < -0.3 is 10.6 Å². The highest BCUT2D eigenvalue weighted by atomic mass is 16.1. The Labute approximate surface area is 140 Å². The highest BCUT2D eigenvalue weighted by molar-refractivity contribution is 5.76. The van der Waals surface area contributed by atoms with Crippen molar-refractivity contribution >= 4 is 11.9 Å². The number of rotatable bonds is 7. The minimum absolute atomic E-state index is 0.0994. The van der Waals surface area contributed by atoms with E-state index in [1.807, 2.05) is 19.9 Å². The number of carbonyl (C=O) groups is 1. The zero-order valence-electron chi connectivity index (χ0n) is 15.7. The molecule has 130 valence electrons. The van der Waals surface area contributed by atoms with Crippen LogP contribution in [-0.2, 0) is 4.79 Å². The normalized spacial score (nSPS) is 12.1. The number of anilines is 1. The third-order valence-corrected chi connectivity index (χ3v) is 3.30. The second kappa shape index (κ2) is 7.75. The molecule has 1 amide bonds. The summed E-state index contributed by atoms with van der Waals surface area (Å²) in [6.07, 6.45) is 2.21. The molecule has 0 saturated heterocycles. The van der Waals surface area contributed by atoms with Gasteiger partial charge in [0.05, 0.1) is 0 Å². The maximum atomic E-state index is 12.1. The van der Waals surface area contributed by atoms with E-state index in [2.05, 4.69) is 55.2 Å². The molecule has 0 aliphatic heterocycles. The summed E-state index contributed by atoms with van der Waals surface area (Å²) in [7, 11) is 0. The Bertz CT molecular complexity index is 512. The Morgan fingerprint density at radius 3 is 2.17 bits per heavy atom. The van der Waals surface area contributed by atoms with Gasteiger partial charge in [-0.3, -0.25) is 4.79 Å². The van der Waals surface area contributed by atoms with Crippen LogP contribution in [0.3, 0.4) is 0 Å². The summed E-state index contributed by atoms with van der Waals surface area (Å²) >= 11 is 0. The van der Waals surface area contributed by atoms with Crippen molar-refractivity contribution in [2.24, 2.45) is 5.41 Å². The Hall–Kier alpha value is -1.65. The topological polar surface area (TPSA) is 66.9 Å². The molecule has 0 atom stereocenters. The third-order valence-electron chi connectivity index (χ3n) is 3.30. The second-order valence-corrected chi connectivity index (χ2v) is 8.17. The SMILES string of the molecule is Cc1cc(C)nc(NCCCC(=O)NC(C)(C)CC(C)(C)C)n1. The molecule has 0 spiro atoms. The molecule has 2 N–H and O–H groups in total. The van der Waals surface area contributed by atoms with Crippen LogP contribution in [0.15, 0.2) is 6.07 Å². The molecule has 0 unspecified atom stereocenters. The number of aryl methyl sites for hydroxylation is 2. The zero-order valence-corrected chi connectivity index (χ0v) is 15.7. The molecule has 0 radical (unpaired) electrons. The highest BCUT2D eigenvalue weighted by Crippen LogP contribution is 2.26. The maximum Gasteiger partial charge on any atom is 0.223 e. The molecule has 1 rings (SSSR count). The van der Waals surface area contributed by atoms with Gasteiger partial charge in [-0.05, 0) is 52.0 Å². The van der Waals surface area contributed by atoms with Gasteiger partial charge in [0.1, 0.15) is 0 Å². The number of hydrogen-bond acceptors (Lipinski definition) is 4. The van der Waals surface area contributed by atoms with E-state index >= 15 is 0 Å². The fourth-order valence-corrected chi connectivity index (χ4v) is 3.06. The molecule has 5 nitrogen and oxygen atoms in total. The third kappa shape index (κ3) is 8.53. The number of amides is 1. The van der Waals surface area contributed by atoms with Crippen molar-refractivity contribution in [2.75, 3.05) is 11.9 Å². The van der Waals surface area contributed by atoms with Crippen LogP contribution >= 0.6 is 0 Å². The van der Waals surface area contributed by atoms with E-state index in [0.29, 0.717) is 18.9 Å². The zero-order chi connectivity index (χ0) is 17.7. The lowest BCUT2D eigenvalue weighted by molar-refractivity contribution is -0.123. The van der Waals surface area contributed by atoms with E-state index in [1.165, 1.54) is 0 Å². The fourth-order valence-electron chi connectivity index (χ4n) is 3.06. The Balaban J connectivity index is 2.34. The molecule has 0 bridgehead atoms. The van der Waals surface area contributed by atoms with Crippen LogP contribution < -0.4 is 10.6 Å². The van der Waals surface area contributed by atoms with Gasteiger partial charge >= 0.3 is 0 Å². The smallest absolute Gasteiger partial charge is 0.223 e. The van der Waals surface area contributed by atoms with Gasteiger partial charge in [-0.2, -0.15) is 0 Å². The molecular formula is C18H32N4O. The number of hydrogen-bond donors (Lipinski definition) is 2. The number of nitrogens with one attached hydrogen (secondary N) is 2. The van der Waals surface area contributed by atoms with Crippen molar-refractivity contribution in [3.63, 3.8) is 0 Å². The monoisotopic (exact) mass is 320 g/mol. The van der Waals surface area contributed by atoms with Crippen LogP contribution in [0.1, 0.15) is 65.3 Å². The van der Waals surface area contributed by atoms with Crippen molar-refractivity contribution in [1.29, 1.82) is 0 Å². The van der Waals surface area contributed by atoms with Crippen molar-refractivity contribution < 1.29 is 4.79 Å². The van der Waals surface area contributed by atoms with Gasteiger partial charge in [-0.25, -0.2) is 9.97 Å². The standard InChI is InChI=1S/C18H32N4O/c1-13-11-14(2)21-16(20-13)19-10-8-9-15(23)22-18(6,7)12-17(3,4)5/h11H,8-10,12H2,1-7H3,(H,22,23)(H,19,20,21). The first kappa shape index (κ1) is 19.4. The van der Waals surface area contributed by atoms with Crippen molar-refractivity contribution in [1.82, 2.24) is 15.3 Å². The average molecular weight is 320 g/mol. The largest absolute Gasteiger partial charge is 0.354 e. The van der Waals surface area contributed by atoms with Crippen molar-refractivity contribution in [3.05, 3.63) is 17.5 Å². The van der Waals surface area contributed by atoms with Gasteiger partial charge in [-0.1, -0.05) is 20.8 Å².